The molecule has 0 atom stereocenters. The number of hydrogen-bond acceptors (Lipinski definition) is 4. The quantitative estimate of drug-likeness (QED) is 0.628. The van der Waals surface area contributed by atoms with Crippen molar-refractivity contribution in [3.8, 4) is 0 Å². The van der Waals surface area contributed by atoms with E-state index in [1.807, 2.05) is 0 Å². The van der Waals surface area contributed by atoms with Gasteiger partial charge >= 0.3 is 0 Å². The summed E-state index contributed by atoms with van der Waals surface area (Å²) in [5.74, 6) is -0.148. The zero-order valence-corrected chi connectivity index (χ0v) is 13.1. The molecule has 1 aromatic rings. The fourth-order valence-corrected chi connectivity index (χ4v) is 2.28. The lowest BCUT2D eigenvalue weighted by Crippen LogP contribution is -2.34. The number of carbonyl (C=O) groups excluding carboxylic acids is 2. The number of benzene rings is 1. The standard InChI is InChI=1S/C14H19N3O4S/c1-22(20,21)16-9-8-15-13(18)10-4-6-12(7-5-10)17-14(19)11-2-3-11/h4-7,11,16H,2-3,8-9H2,1H3,(H,15,18)(H,17,19). The molecule has 2 rings (SSSR count). The Bertz CT molecular complexity index is 651. The van der Waals surface area contributed by atoms with Gasteiger partial charge in [0.2, 0.25) is 15.9 Å². The summed E-state index contributed by atoms with van der Waals surface area (Å²) in [5.41, 5.74) is 1.11. The van der Waals surface area contributed by atoms with Crippen molar-refractivity contribution in [2.45, 2.75) is 12.8 Å². The van der Waals surface area contributed by atoms with E-state index in [9.17, 15) is 18.0 Å². The summed E-state index contributed by atoms with van der Waals surface area (Å²) >= 11 is 0. The van der Waals surface area contributed by atoms with Crippen molar-refractivity contribution >= 4 is 27.5 Å². The summed E-state index contributed by atoms with van der Waals surface area (Å²) in [6.45, 7) is 0.339. The normalized spacial score (nSPS) is 14.4. The van der Waals surface area contributed by atoms with E-state index in [-0.39, 0.29) is 30.8 Å². The molecule has 1 aliphatic carbocycles. The Morgan fingerprint density at radius 1 is 1.14 bits per heavy atom. The highest BCUT2D eigenvalue weighted by Crippen LogP contribution is 2.30. The smallest absolute Gasteiger partial charge is 0.251 e. The minimum absolute atomic E-state index is 0.0176. The highest BCUT2D eigenvalue weighted by molar-refractivity contribution is 7.88. The Morgan fingerprint density at radius 3 is 2.32 bits per heavy atom. The van der Waals surface area contributed by atoms with E-state index in [2.05, 4.69) is 15.4 Å². The van der Waals surface area contributed by atoms with Gasteiger partial charge in [-0.1, -0.05) is 0 Å². The number of rotatable bonds is 7. The van der Waals surface area contributed by atoms with E-state index < -0.39 is 10.0 Å². The second kappa shape index (κ2) is 6.89. The monoisotopic (exact) mass is 325 g/mol. The molecule has 1 fully saturated rings. The Hall–Kier alpha value is -1.93. The molecule has 0 aliphatic heterocycles. The Balaban J connectivity index is 1.79. The van der Waals surface area contributed by atoms with Gasteiger partial charge in [-0.2, -0.15) is 0 Å². The first-order valence-corrected chi connectivity index (χ1v) is 8.88. The fraction of sp³-hybridized carbons (Fsp3) is 0.429. The van der Waals surface area contributed by atoms with Crippen LogP contribution in [0.3, 0.4) is 0 Å². The summed E-state index contributed by atoms with van der Waals surface area (Å²) in [5, 5.41) is 5.40. The van der Waals surface area contributed by atoms with Crippen molar-refractivity contribution < 1.29 is 18.0 Å². The van der Waals surface area contributed by atoms with Gasteiger partial charge in [0, 0.05) is 30.3 Å². The summed E-state index contributed by atoms with van der Waals surface area (Å²) in [6.07, 6.45) is 2.94. The molecule has 120 valence electrons. The predicted molar refractivity (Wildman–Crippen MR) is 83.0 cm³/mol. The van der Waals surface area contributed by atoms with Crippen molar-refractivity contribution in [3.63, 3.8) is 0 Å². The summed E-state index contributed by atoms with van der Waals surface area (Å²) < 4.78 is 24.0. The molecule has 8 heteroatoms. The predicted octanol–water partition coefficient (Wildman–Crippen LogP) is 0.314. The van der Waals surface area contributed by atoms with E-state index in [1.165, 1.54) is 0 Å². The molecule has 3 N–H and O–H groups in total. The number of carbonyl (C=O) groups is 2. The molecule has 0 saturated heterocycles. The van der Waals surface area contributed by atoms with Crippen molar-refractivity contribution in [3.05, 3.63) is 29.8 Å². The molecule has 1 aromatic carbocycles. The lowest BCUT2D eigenvalue weighted by Gasteiger charge is -2.07. The minimum Gasteiger partial charge on any atom is -0.351 e. The van der Waals surface area contributed by atoms with Crippen LogP contribution in [-0.4, -0.2) is 39.6 Å². The third-order valence-electron chi connectivity index (χ3n) is 3.14. The van der Waals surface area contributed by atoms with Crippen LogP contribution in [-0.2, 0) is 14.8 Å². The molecule has 0 unspecified atom stereocenters. The average molecular weight is 325 g/mol. The van der Waals surface area contributed by atoms with E-state index in [0.29, 0.717) is 11.3 Å². The molecular formula is C14H19N3O4S. The molecule has 0 radical (unpaired) electrons. The van der Waals surface area contributed by atoms with E-state index >= 15 is 0 Å². The van der Waals surface area contributed by atoms with Crippen molar-refractivity contribution in [1.29, 1.82) is 0 Å². The van der Waals surface area contributed by atoms with E-state index in [1.54, 1.807) is 24.3 Å². The van der Waals surface area contributed by atoms with Crippen molar-refractivity contribution in [1.82, 2.24) is 10.0 Å². The molecule has 0 aromatic heterocycles. The molecular weight excluding hydrogens is 306 g/mol. The highest BCUT2D eigenvalue weighted by Gasteiger charge is 2.29. The van der Waals surface area contributed by atoms with Gasteiger partial charge in [-0.05, 0) is 37.1 Å². The second-order valence-corrected chi connectivity index (χ2v) is 7.10. The maximum absolute atomic E-state index is 11.8. The second-order valence-electron chi connectivity index (χ2n) is 5.26. The van der Waals surface area contributed by atoms with Gasteiger partial charge in [-0.3, -0.25) is 9.59 Å². The largest absolute Gasteiger partial charge is 0.351 e. The first kappa shape index (κ1) is 16.4. The first-order valence-electron chi connectivity index (χ1n) is 6.99. The number of sulfonamides is 1. The van der Waals surface area contributed by atoms with Gasteiger partial charge in [-0.25, -0.2) is 13.1 Å². The number of nitrogens with one attached hydrogen (secondary N) is 3. The number of anilines is 1. The van der Waals surface area contributed by atoms with Crippen LogP contribution in [0.4, 0.5) is 5.69 Å². The zero-order valence-electron chi connectivity index (χ0n) is 12.3. The maximum Gasteiger partial charge on any atom is 0.251 e. The minimum atomic E-state index is -3.25. The lowest BCUT2D eigenvalue weighted by molar-refractivity contribution is -0.117. The van der Waals surface area contributed by atoms with Crippen LogP contribution < -0.4 is 15.4 Å². The Morgan fingerprint density at radius 2 is 1.77 bits per heavy atom. The molecule has 0 spiro atoms. The van der Waals surface area contributed by atoms with E-state index in [0.717, 1.165) is 19.1 Å². The third-order valence-corrected chi connectivity index (χ3v) is 3.87. The van der Waals surface area contributed by atoms with Crippen LogP contribution in [0.1, 0.15) is 23.2 Å². The van der Waals surface area contributed by atoms with Gasteiger partial charge in [0.25, 0.3) is 5.91 Å². The van der Waals surface area contributed by atoms with Gasteiger partial charge in [-0.15, -0.1) is 0 Å². The SMILES string of the molecule is CS(=O)(=O)NCCNC(=O)c1ccc(NC(=O)C2CC2)cc1. The van der Waals surface area contributed by atoms with Crippen LogP contribution in [0.15, 0.2) is 24.3 Å². The molecule has 1 saturated carbocycles. The highest BCUT2D eigenvalue weighted by atomic mass is 32.2. The Labute approximate surface area is 129 Å². The van der Waals surface area contributed by atoms with Gasteiger partial charge in [0.05, 0.1) is 6.26 Å². The van der Waals surface area contributed by atoms with Gasteiger partial charge in [0.1, 0.15) is 0 Å². The molecule has 1 aliphatic rings. The van der Waals surface area contributed by atoms with Crippen LogP contribution in [0.5, 0.6) is 0 Å². The molecule has 22 heavy (non-hydrogen) atoms. The number of hydrogen-bond donors (Lipinski definition) is 3. The molecule has 2 amide bonds. The number of amides is 2. The fourth-order valence-electron chi connectivity index (χ4n) is 1.81. The van der Waals surface area contributed by atoms with Crippen LogP contribution in [0, 0.1) is 5.92 Å². The lowest BCUT2D eigenvalue weighted by atomic mass is 10.2. The van der Waals surface area contributed by atoms with Gasteiger partial charge < -0.3 is 10.6 Å². The summed E-state index contributed by atoms with van der Waals surface area (Å²) in [6, 6.07) is 6.57. The van der Waals surface area contributed by atoms with Crippen molar-refractivity contribution in [2.75, 3.05) is 24.7 Å². The maximum atomic E-state index is 11.8. The van der Waals surface area contributed by atoms with Crippen LogP contribution >= 0.6 is 0 Å². The topological polar surface area (TPSA) is 104 Å². The Kier molecular flexibility index (Phi) is 5.15. The van der Waals surface area contributed by atoms with Crippen LogP contribution in [0.25, 0.3) is 0 Å². The summed E-state index contributed by atoms with van der Waals surface area (Å²) in [4.78, 5) is 23.4. The van der Waals surface area contributed by atoms with Crippen LogP contribution in [0.2, 0.25) is 0 Å². The first-order chi connectivity index (χ1) is 10.3. The van der Waals surface area contributed by atoms with E-state index in [4.69, 9.17) is 0 Å². The molecule has 0 bridgehead atoms. The average Bonchev–Trinajstić information content (AvgIpc) is 3.27. The molecule has 0 heterocycles. The molecule has 7 nitrogen and oxygen atoms in total. The summed E-state index contributed by atoms with van der Waals surface area (Å²) in [7, 11) is -3.25. The zero-order chi connectivity index (χ0) is 16.2. The third kappa shape index (κ3) is 5.45. The van der Waals surface area contributed by atoms with Crippen molar-refractivity contribution in [2.24, 2.45) is 5.92 Å². The van der Waals surface area contributed by atoms with Gasteiger partial charge in [0.15, 0.2) is 0 Å².